The molecular weight excluding hydrogens is 210 g/mol. The standard InChI is InChI=1S/C11H17NO2S/c1-11(2,10(13)14-3)7-8(12)9-5-4-6-15-9/h4-6,8H,7,12H2,1-3H3. The molecule has 0 saturated carbocycles. The third-order valence-electron chi connectivity index (χ3n) is 2.38. The van der Waals surface area contributed by atoms with E-state index in [1.165, 1.54) is 7.11 Å². The summed E-state index contributed by atoms with van der Waals surface area (Å²) in [7, 11) is 1.40. The van der Waals surface area contributed by atoms with Crippen LogP contribution in [0.15, 0.2) is 17.5 Å². The molecular formula is C11H17NO2S. The van der Waals surface area contributed by atoms with E-state index in [1.54, 1.807) is 11.3 Å². The van der Waals surface area contributed by atoms with E-state index in [0.29, 0.717) is 6.42 Å². The normalized spacial score (nSPS) is 13.6. The van der Waals surface area contributed by atoms with Gasteiger partial charge in [-0.25, -0.2) is 0 Å². The van der Waals surface area contributed by atoms with Crippen molar-refractivity contribution in [1.29, 1.82) is 0 Å². The molecule has 3 nitrogen and oxygen atoms in total. The van der Waals surface area contributed by atoms with Crippen molar-refractivity contribution in [2.24, 2.45) is 11.1 Å². The highest BCUT2D eigenvalue weighted by Gasteiger charge is 2.31. The van der Waals surface area contributed by atoms with Crippen LogP contribution in [0.4, 0.5) is 0 Å². The number of methoxy groups -OCH3 is 1. The molecule has 1 aromatic heterocycles. The number of carbonyl (C=O) groups is 1. The van der Waals surface area contributed by atoms with Crippen LogP contribution in [0.3, 0.4) is 0 Å². The summed E-state index contributed by atoms with van der Waals surface area (Å²) < 4.78 is 4.74. The molecule has 84 valence electrons. The van der Waals surface area contributed by atoms with E-state index in [2.05, 4.69) is 0 Å². The fourth-order valence-electron chi connectivity index (χ4n) is 1.51. The lowest BCUT2D eigenvalue weighted by Gasteiger charge is -2.24. The van der Waals surface area contributed by atoms with Crippen molar-refractivity contribution >= 4 is 17.3 Å². The van der Waals surface area contributed by atoms with Crippen molar-refractivity contribution in [3.8, 4) is 0 Å². The van der Waals surface area contributed by atoms with Gasteiger partial charge in [0, 0.05) is 10.9 Å². The molecule has 0 radical (unpaired) electrons. The van der Waals surface area contributed by atoms with Crippen LogP contribution in [0, 0.1) is 5.41 Å². The number of hydrogen-bond donors (Lipinski definition) is 1. The lowest BCUT2D eigenvalue weighted by molar-refractivity contribution is -0.151. The summed E-state index contributed by atoms with van der Waals surface area (Å²) in [5, 5.41) is 1.99. The molecule has 1 unspecified atom stereocenters. The van der Waals surface area contributed by atoms with E-state index >= 15 is 0 Å². The number of rotatable bonds is 4. The number of carbonyl (C=O) groups excluding carboxylic acids is 1. The van der Waals surface area contributed by atoms with Crippen molar-refractivity contribution in [2.45, 2.75) is 26.3 Å². The average Bonchev–Trinajstić information content (AvgIpc) is 2.68. The maximum atomic E-state index is 11.5. The van der Waals surface area contributed by atoms with Gasteiger partial charge in [0.1, 0.15) is 0 Å². The number of thiophene rings is 1. The number of esters is 1. The SMILES string of the molecule is COC(=O)C(C)(C)CC(N)c1cccs1. The van der Waals surface area contributed by atoms with Crippen molar-refractivity contribution in [1.82, 2.24) is 0 Å². The molecule has 0 fully saturated rings. The van der Waals surface area contributed by atoms with E-state index < -0.39 is 5.41 Å². The first-order valence-corrected chi connectivity index (χ1v) is 5.73. The van der Waals surface area contributed by atoms with E-state index in [0.717, 1.165) is 4.88 Å². The highest BCUT2D eigenvalue weighted by atomic mass is 32.1. The molecule has 15 heavy (non-hydrogen) atoms. The maximum absolute atomic E-state index is 11.5. The Bertz CT molecular complexity index is 319. The van der Waals surface area contributed by atoms with Gasteiger partial charge in [-0.2, -0.15) is 0 Å². The molecule has 0 amide bonds. The number of hydrogen-bond acceptors (Lipinski definition) is 4. The van der Waals surface area contributed by atoms with Crippen molar-refractivity contribution in [3.05, 3.63) is 22.4 Å². The summed E-state index contributed by atoms with van der Waals surface area (Å²) in [5.41, 5.74) is 5.49. The van der Waals surface area contributed by atoms with Crippen LogP contribution < -0.4 is 5.73 Å². The van der Waals surface area contributed by atoms with E-state index in [1.807, 2.05) is 31.4 Å². The maximum Gasteiger partial charge on any atom is 0.311 e. The first-order valence-electron chi connectivity index (χ1n) is 4.85. The van der Waals surface area contributed by atoms with Gasteiger partial charge in [-0.1, -0.05) is 6.07 Å². The second-order valence-corrected chi connectivity index (χ2v) is 5.18. The molecule has 0 saturated heterocycles. The van der Waals surface area contributed by atoms with Gasteiger partial charge in [-0.05, 0) is 31.7 Å². The summed E-state index contributed by atoms with van der Waals surface area (Å²) in [6, 6.07) is 3.85. The van der Waals surface area contributed by atoms with Gasteiger partial charge >= 0.3 is 5.97 Å². The number of ether oxygens (including phenoxy) is 1. The lowest BCUT2D eigenvalue weighted by Crippen LogP contribution is -2.29. The summed E-state index contributed by atoms with van der Waals surface area (Å²) in [6.45, 7) is 3.71. The Labute approximate surface area is 94.2 Å². The quantitative estimate of drug-likeness (QED) is 0.803. The fourth-order valence-corrected chi connectivity index (χ4v) is 2.24. The molecule has 0 bridgehead atoms. The zero-order valence-corrected chi connectivity index (χ0v) is 10.1. The molecule has 1 aromatic rings. The molecule has 0 aromatic carbocycles. The molecule has 0 aliphatic carbocycles. The van der Waals surface area contributed by atoms with Crippen LogP contribution in [0.25, 0.3) is 0 Å². The van der Waals surface area contributed by atoms with Crippen LogP contribution in [0.1, 0.15) is 31.2 Å². The summed E-state index contributed by atoms with van der Waals surface area (Å²) in [4.78, 5) is 12.6. The van der Waals surface area contributed by atoms with Crippen molar-refractivity contribution in [2.75, 3.05) is 7.11 Å². The summed E-state index contributed by atoms with van der Waals surface area (Å²) in [6.07, 6.45) is 0.597. The Hall–Kier alpha value is -0.870. The van der Waals surface area contributed by atoms with Gasteiger partial charge in [0.2, 0.25) is 0 Å². The third kappa shape index (κ3) is 3.04. The minimum Gasteiger partial charge on any atom is -0.469 e. The fraction of sp³-hybridized carbons (Fsp3) is 0.545. The van der Waals surface area contributed by atoms with E-state index in [9.17, 15) is 4.79 Å². The van der Waals surface area contributed by atoms with Gasteiger partial charge in [-0.3, -0.25) is 4.79 Å². The summed E-state index contributed by atoms with van der Waals surface area (Å²) >= 11 is 1.61. The molecule has 1 heterocycles. The Balaban J connectivity index is 2.65. The van der Waals surface area contributed by atoms with Crippen molar-refractivity contribution < 1.29 is 9.53 Å². The predicted molar refractivity (Wildman–Crippen MR) is 61.7 cm³/mol. The Morgan fingerprint density at radius 1 is 1.67 bits per heavy atom. The highest BCUT2D eigenvalue weighted by molar-refractivity contribution is 7.10. The topological polar surface area (TPSA) is 52.3 Å². The zero-order valence-electron chi connectivity index (χ0n) is 9.32. The highest BCUT2D eigenvalue weighted by Crippen LogP contribution is 2.31. The molecule has 0 aliphatic heterocycles. The first-order chi connectivity index (χ1) is 6.97. The van der Waals surface area contributed by atoms with Gasteiger partial charge in [0.05, 0.1) is 12.5 Å². The van der Waals surface area contributed by atoms with Crippen LogP contribution in [-0.2, 0) is 9.53 Å². The average molecular weight is 227 g/mol. The van der Waals surface area contributed by atoms with Gasteiger partial charge in [0.15, 0.2) is 0 Å². The molecule has 2 N–H and O–H groups in total. The second-order valence-electron chi connectivity index (χ2n) is 4.20. The Morgan fingerprint density at radius 2 is 2.33 bits per heavy atom. The monoisotopic (exact) mass is 227 g/mol. The van der Waals surface area contributed by atoms with E-state index in [-0.39, 0.29) is 12.0 Å². The second kappa shape index (κ2) is 4.77. The largest absolute Gasteiger partial charge is 0.469 e. The molecule has 1 rings (SSSR count). The molecule has 4 heteroatoms. The molecule has 1 atom stereocenters. The van der Waals surface area contributed by atoms with E-state index in [4.69, 9.17) is 10.5 Å². The smallest absolute Gasteiger partial charge is 0.311 e. The molecule has 0 spiro atoms. The van der Waals surface area contributed by atoms with Crippen LogP contribution in [0.5, 0.6) is 0 Å². The summed E-state index contributed by atoms with van der Waals surface area (Å²) in [5.74, 6) is -0.213. The number of nitrogens with two attached hydrogens (primary N) is 1. The van der Waals surface area contributed by atoms with Gasteiger partial charge in [-0.15, -0.1) is 11.3 Å². The van der Waals surface area contributed by atoms with Crippen LogP contribution in [-0.4, -0.2) is 13.1 Å². The Kier molecular flexibility index (Phi) is 3.88. The predicted octanol–water partition coefficient (Wildman–Crippen LogP) is 2.34. The van der Waals surface area contributed by atoms with Crippen molar-refractivity contribution in [3.63, 3.8) is 0 Å². The zero-order chi connectivity index (χ0) is 11.5. The minimum absolute atomic E-state index is 0.0981. The third-order valence-corrected chi connectivity index (χ3v) is 3.38. The Morgan fingerprint density at radius 3 is 2.80 bits per heavy atom. The van der Waals surface area contributed by atoms with Gasteiger partial charge < -0.3 is 10.5 Å². The molecule has 0 aliphatic rings. The minimum atomic E-state index is -0.530. The van der Waals surface area contributed by atoms with Gasteiger partial charge in [0.25, 0.3) is 0 Å². The van der Waals surface area contributed by atoms with Crippen LogP contribution in [0.2, 0.25) is 0 Å². The lowest BCUT2D eigenvalue weighted by atomic mass is 9.85. The van der Waals surface area contributed by atoms with Crippen LogP contribution >= 0.6 is 11.3 Å². The first kappa shape index (κ1) is 12.2.